The largest absolute Gasteiger partial charge is 0.329 e. The molecule has 5 nitrogen and oxygen atoms in total. The highest BCUT2D eigenvalue weighted by atomic mass is 16.2. The van der Waals surface area contributed by atoms with Crippen molar-refractivity contribution < 1.29 is 4.79 Å². The number of amides is 1. The van der Waals surface area contributed by atoms with Gasteiger partial charge in [0.05, 0.1) is 22.6 Å². The van der Waals surface area contributed by atoms with E-state index in [4.69, 9.17) is 4.98 Å². The molecule has 0 N–H and O–H groups in total. The lowest BCUT2D eigenvalue weighted by molar-refractivity contribution is 0.0693. The van der Waals surface area contributed by atoms with Gasteiger partial charge in [-0.3, -0.25) is 14.2 Å². The molecule has 0 fully saturated rings. The molecule has 35 heavy (non-hydrogen) atoms. The molecule has 0 aliphatic heterocycles. The molecule has 1 atom stereocenters. The molecule has 1 amide bonds. The number of carbonyl (C=O) groups excluding carboxylic acids is 1. The molecule has 3 aromatic carbocycles. The van der Waals surface area contributed by atoms with Crippen LogP contribution in [0.1, 0.15) is 68.0 Å². The smallest absolute Gasteiger partial charge is 0.266 e. The molecule has 0 saturated heterocycles. The lowest BCUT2D eigenvalue weighted by Crippen LogP contribution is -2.37. The van der Waals surface area contributed by atoms with E-state index in [1.807, 2.05) is 87.5 Å². The number of hydrogen-bond donors (Lipinski definition) is 0. The molecule has 0 saturated carbocycles. The number of benzene rings is 3. The van der Waals surface area contributed by atoms with Gasteiger partial charge >= 0.3 is 0 Å². The van der Waals surface area contributed by atoms with Gasteiger partial charge < -0.3 is 4.90 Å². The van der Waals surface area contributed by atoms with Crippen molar-refractivity contribution >= 4 is 16.8 Å². The van der Waals surface area contributed by atoms with Crippen molar-refractivity contribution in [1.29, 1.82) is 0 Å². The first kappa shape index (κ1) is 24.4. The summed E-state index contributed by atoms with van der Waals surface area (Å²) >= 11 is 0. The lowest BCUT2D eigenvalue weighted by atomic mass is 9.86. The fraction of sp³-hybridized carbons (Fsp3) is 0.300. The topological polar surface area (TPSA) is 55.2 Å². The Morgan fingerprint density at radius 3 is 2.31 bits per heavy atom. The Morgan fingerprint density at radius 1 is 1.00 bits per heavy atom. The van der Waals surface area contributed by atoms with E-state index in [1.165, 1.54) is 5.56 Å². The van der Waals surface area contributed by atoms with Gasteiger partial charge in [-0.2, -0.15) is 0 Å². The van der Waals surface area contributed by atoms with E-state index in [0.717, 1.165) is 11.3 Å². The van der Waals surface area contributed by atoms with Gasteiger partial charge in [0.25, 0.3) is 11.5 Å². The minimum Gasteiger partial charge on any atom is -0.329 e. The van der Waals surface area contributed by atoms with E-state index < -0.39 is 6.04 Å². The van der Waals surface area contributed by atoms with Gasteiger partial charge in [0.15, 0.2) is 0 Å². The second kappa shape index (κ2) is 9.49. The van der Waals surface area contributed by atoms with Crippen LogP contribution in [0.4, 0.5) is 0 Å². The van der Waals surface area contributed by atoms with Gasteiger partial charge in [0, 0.05) is 12.1 Å². The van der Waals surface area contributed by atoms with Crippen molar-refractivity contribution in [1.82, 2.24) is 14.5 Å². The monoisotopic (exact) mass is 467 g/mol. The first-order valence-electron chi connectivity index (χ1n) is 12.1. The summed E-state index contributed by atoms with van der Waals surface area (Å²) < 4.78 is 1.65. The van der Waals surface area contributed by atoms with Crippen LogP contribution < -0.4 is 5.56 Å². The molecule has 1 aromatic heterocycles. The summed E-state index contributed by atoms with van der Waals surface area (Å²) in [5, 5.41) is 0.553. The highest BCUT2D eigenvalue weighted by molar-refractivity contribution is 5.94. The summed E-state index contributed by atoms with van der Waals surface area (Å²) in [5.41, 5.74) is 4.09. The Kier molecular flexibility index (Phi) is 6.62. The van der Waals surface area contributed by atoms with E-state index >= 15 is 0 Å². The summed E-state index contributed by atoms with van der Waals surface area (Å²) in [6.07, 6.45) is 0. The van der Waals surface area contributed by atoms with Crippen LogP contribution in [0, 0.1) is 6.92 Å². The summed E-state index contributed by atoms with van der Waals surface area (Å²) in [4.78, 5) is 34.0. The third-order valence-electron chi connectivity index (χ3n) is 6.50. The van der Waals surface area contributed by atoms with Crippen LogP contribution in [-0.2, 0) is 5.41 Å². The maximum absolute atomic E-state index is 13.7. The maximum atomic E-state index is 13.7. The highest BCUT2D eigenvalue weighted by Gasteiger charge is 2.27. The summed E-state index contributed by atoms with van der Waals surface area (Å²) in [7, 11) is 0. The Morgan fingerprint density at radius 2 is 1.69 bits per heavy atom. The average Bonchev–Trinajstić information content (AvgIpc) is 2.83. The molecule has 0 radical (unpaired) electrons. The van der Waals surface area contributed by atoms with Crippen LogP contribution in [0.15, 0.2) is 77.6 Å². The molecular weight excluding hydrogens is 434 g/mol. The maximum Gasteiger partial charge on any atom is 0.266 e. The minimum atomic E-state index is -0.424. The molecule has 1 unspecified atom stereocenters. The molecule has 0 aliphatic carbocycles. The molecule has 4 rings (SSSR count). The zero-order valence-corrected chi connectivity index (χ0v) is 21.4. The SMILES string of the molecule is CCN(C(=O)c1ccc(C(C)(C)C)cc1)C(C)c1nc2ccccc2c(=O)n1-c1cccc(C)c1. The molecule has 180 valence electrons. The van der Waals surface area contributed by atoms with Crippen molar-refractivity contribution in [2.24, 2.45) is 0 Å². The van der Waals surface area contributed by atoms with E-state index in [-0.39, 0.29) is 16.9 Å². The Hall–Kier alpha value is -3.73. The number of para-hydroxylation sites is 1. The summed E-state index contributed by atoms with van der Waals surface area (Å²) in [5.74, 6) is 0.458. The second-order valence-corrected chi connectivity index (χ2v) is 10.1. The lowest BCUT2D eigenvalue weighted by Gasteiger charge is -2.30. The van der Waals surface area contributed by atoms with E-state index in [2.05, 4.69) is 20.8 Å². The predicted octanol–water partition coefficient (Wildman–Crippen LogP) is 6.21. The summed E-state index contributed by atoms with van der Waals surface area (Å²) in [6.45, 7) is 12.8. The van der Waals surface area contributed by atoms with Gasteiger partial charge in [0.1, 0.15) is 5.82 Å². The van der Waals surface area contributed by atoms with Crippen LogP contribution >= 0.6 is 0 Å². The average molecular weight is 468 g/mol. The molecular formula is C30H33N3O2. The normalized spacial score (nSPS) is 12.5. The van der Waals surface area contributed by atoms with E-state index in [0.29, 0.717) is 28.8 Å². The summed E-state index contributed by atoms with van der Waals surface area (Å²) in [6, 6.07) is 22.6. The fourth-order valence-corrected chi connectivity index (χ4v) is 4.46. The zero-order chi connectivity index (χ0) is 25.3. The van der Waals surface area contributed by atoms with Crippen molar-refractivity contribution in [3.63, 3.8) is 0 Å². The van der Waals surface area contributed by atoms with Gasteiger partial charge in [-0.15, -0.1) is 0 Å². The van der Waals surface area contributed by atoms with Crippen molar-refractivity contribution in [3.05, 3.63) is 106 Å². The highest BCUT2D eigenvalue weighted by Crippen LogP contribution is 2.26. The Balaban J connectivity index is 1.83. The first-order chi connectivity index (χ1) is 16.6. The van der Waals surface area contributed by atoms with Gasteiger partial charge in [0.2, 0.25) is 0 Å². The third-order valence-corrected chi connectivity index (χ3v) is 6.50. The van der Waals surface area contributed by atoms with Crippen LogP contribution in [0.25, 0.3) is 16.6 Å². The number of aryl methyl sites for hydroxylation is 1. The van der Waals surface area contributed by atoms with Gasteiger partial charge in [-0.1, -0.05) is 57.2 Å². The molecule has 0 aliphatic rings. The predicted molar refractivity (Wildman–Crippen MR) is 142 cm³/mol. The van der Waals surface area contributed by atoms with Crippen LogP contribution in [0.3, 0.4) is 0 Å². The standard InChI is InChI=1S/C30H33N3O2/c1-7-32(28(34)22-15-17-23(18-16-22)30(4,5)6)21(3)27-31-26-14-9-8-13-25(26)29(35)33(27)24-12-10-11-20(2)19-24/h8-19,21H,7H2,1-6H3. The van der Waals surface area contributed by atoms with E-state index in [9.17, 15) is 9.59 Å². The van der Waals surface area contributed by atoms with Crippen LogP contribution in [0.2, 0.25) is 0 Å². The second-order valence-electron chi connectivity index (χ2n) is 10.1. The Bertz CT molecular complexity index is 1430. The third kappa shape index (κ3) is 4.76. The zero-order valence-electron chi connectivity index (χ0n) is 21.4. The van der Waals surface area contributed by atoms with Crippen molar-refractivity contribution in [2.45, 2.75) is 53.0 Å². The van der Waals surface area contributed by atoms with Gasteiger partial charge in [-0.05, 0) is 73.7 Å². The number of hydrogen-bond acceptors (Lipinski definition) is 3. The Labute approximate surface area is 207 Å². The van der Waals surface area contributed by atoms with Crippen molar-refractivity contribution in [3.8, 4) is 5.69 Å². The molecule has 0 bridgehead atoms. The fourth-order valence-electron chi connectivity index (χ4n) is 4.46. The molecule has 1 heterocycles. The van der Waals surface area contributed by atoms with Crippen molar-refractivity contribution in [2.75, 3.05) is 6.54 Å². The first-order valence-corrected chi connectivity index (χ1v) is 12.1. The van der Waals surface area contributed by atoms with Gasteiger partial charge in [-0.25, -0.2) is 4.98 Å². The number of carbonyl (C=O) groups is 1. The van der Waals surface area contributed by atoms with Crippen LogP contribution in [-0.4, -0.2) is 26.9 Å². The number of fused-ring (bicyclic) bond motifs is 1. The molecule has 4 aromatic rings. The van der Waals surface area contributed by atoms with E-state index in [1.54, 1.807) is 15.5 Å². The quantitative estimate of drug-likeness (QED) is 0.350. The van der Waals surface area contributed by atoms with Crippen LogP contribution in [0.5, 0.6) is 0 Å². The number of rotatable bonds is 5. The molecule has 5 heteroatoms. The number of aromatic nitrogens is 2. The molecule has 0 spiro atoms. The minimum absolute atomic E-state index is 0.0121. The number of nitrogens with zero attached hydrogens (tertiary/aromatic N) is 3.